The number of rotatable bonds is 7. The maximum atomic E-state index is 13.8. The summed E-state index contributed by atoms with van der Waals surface area (Å²) in [7, 11) is 0. The molecule has 0 radical (unpaired) electrons. The standard InChI is InChI=1S/C35H37N5O4S/c1-22-20-25(44-24-12-6-3-7-13-24)15-16-27(22)40-28-17-18-36-33-29(28)30(38-35(40)43)31(45-33)32(41)37-26-14-8-9-19-39(34(26)42)21-23-10-4-2-5-11-23/h2-7,10-13,15-16,20,26,28-29,33,36H,8-9,14,17-19,21H2,1H3,(H,37,41)(H,38,43)/t26-,28?,29?,33?/m0/s1. The van der Waals surface area contributed by atoms with Crippen LogP contribution in [-0.2, 0) is 16.1 Å². The highest BCUT2D eigenvalue weighted by molar-refractivity contribution is 8.04. The van der Waals surface area contributed by atoms with Crippen LogP contribution >= 0.6 is 11.8 Å². The van der Waals surface area contributed by atoms with Gasteiger partial charge < -0.3 is 25.6 Å². The smallest absolute Gasteiger partial charge is 0.326 e. The largest absolute Gasteiger partial charge is 0.457 e. The van der Waals surface area contributed by atoms with Gasteiger partial charge in [0.05, 0.1) is 16.3 Å². The van der Waals surface area contributed by atoms with Crippen molar-refractivity contribution in [1.29, 1.82) is 0 Å². The van der Waals surface area contributed by atoms with E-state index in [1.165, 1.54) is 11.8 Å². The molecule has 0 saturated carbocycles. The number of likely N-dealkylation sites (tertiary alicyclic amines) is 1. The summed E-state index contributed by atoms with van der Waals surface area (Å²) in [5.74, 6) is 1.02. The molecule has 3 N–H and O–H groups in total. The Morgan fingerprint density at radius 2 is 1.76 bits per heavy atom. The van der Waals surface area contributed by atoms with Crippen molar-refractivity contribution in [3.05, 3.63) is 101 Å². The second-order valence-electron chi connectivity index (χ2n) is 12.0. The minimum Gasteiger partial charge on any atom is -0.457 e. The van der Waals surface area contributed by atoms with Gasteiger partial charge in [0.25, 0.3) is 5.91 Å². The van der Waals surface area contributed by atoms with Crippen molar-refractivity contribution in [2.45, 2.75) is 56.6 Å². The molecule has 0 spiro atoms. The second kappa shape index (κ2) is 12.6. The number of hydrogen-bond donors (Lipinski definition) is 3. The lowest BCUT2D eigenvalue weighted by Crippen LogP contribution is -2.62. The molecule has 7 rings (SSSR count). The Labute approximate surface area is 267 Å². The number of anilines is 1. The molecule has 3 aromatic carbocycles. The third-order valence-electron chi connectivity index (χ3n) is 9.06. The van der Waals surface area contributed by atoms with Gasteiger partial charge >= 0.3 is 6.03 Å². The molecule has 4 aliphatic rings. The van der Waals surface area contributed by atoms with Crippen molar-refractivity contribution in [2.24, 2.45) is 5.92 Å². The summed E-state index contributed by atoms with van der Waals surface area (Å²) < 4.78 is 6.02. The number of para-hydroxylation sites is 1. The van der Waals surface area contributed by atoms with E-state index in [4.69, 9.17) is 4.74 Å². The van der Waals surface area contributed by atoms with Crippen molar-refractivity contribution >= 4 is 35.3 Å². The van der Waals surface area contributed by atoms with Crippen LogP contribution in [0.3, 0.4) is 0 Å². The molecule has 0 bridgehead atoms. The zero-order chi connectivity index (χ0) is 30.9. The Bertz CT molecular complexity index is 1630. The first-order valence-corrected chi connectivity index (χ1v) is 16.6. The summed E-state index contributed by atoms with van der Waals surface area (Å²) >= 11 is 1.45. The lowest BCUT2D eigenvalue weighted by Gasteiger charge is -2.46. The number of hydrogen-bond acceptors (Lipinski definition) is 6. The molecule has 3 aromatic rings. The van der Waals surface area contributed by atoms with Crippen molar-refractivity contribution in [1.82, 2.24) is 20.9 Å². The third kappa shape index (κ3) is 5.92. The van der Waals surface area contributed by atoms with Gasteiger partial charge in [0.1, 0.15) is 17.5 Å². The number of carbonyl (C=O) groups is 3. The molecular formula is C35H37N5O4S. The molecule has 232 valence electrons. The van der Waals surface area contributed by atoms with Crippen LogP contribution in [0, 0.1) is 12.8 Å². The van der Waals surface area contributed by atoms with Gasteiger partial charge in [-0.3, -0.25) is 14.5 Å². The molecule has 4 amide bonds. The quantitative estimate of drug-likeness (QED) is 0.331. The number of nitrogens with one attached hydrogen (secondary N) is 3. The summed E-state index contributed by atoms with van der Waals surface area (Å²) in [5, 5.41) is 9.65. The number of carbonyl (C=O) groups excluding carboxylic acids is 3. The summed E-state index contributed by atoms with van der Waals surface area (Å²) in [5.41, 5.74) is 3.47. The van der Waals surface area contributed by atoms with Crippen LogP contribution in [0.15, 0.2) is 89.5 Å². The van der Waals surface area contributed by atoms with E-state index < -0.39 is 6.04 Å². The number of piperidine rings is 1. The van der Waals surface area contributed by atoms with Gasteiger partial charge in [0.15, 0.2) is 0 Å². The predicted molar refractivity (Wildman–Crippen MR) is 175 cm³/mol. The monoisotopic (exact) mass is 623 g/mol. The van der Waals surface area contributed by atoms with Crippen LogP contribution in [-0.4, -0.2) is 53.3 Å². The number of thioether (sulfide) groups is 1. The van der Waals surface area contributed by atoms with E-state index >= 15 is 0 Å². The van der Waals surface area contributed by atoms with Crippen molar-refractivity contribution in [2.75, 3.05) is 18.0 Å². The lowest BCUT2D eigenvalue weighted by atomic mass is 9.86. The van der Waals surface area contributed by atoms with Gasteiger partial charge in [0, 0.05) is 30.4 Å². The van der Waals surface area contributed by atoms with Gasteiger partial charge in [-0.05, 0) is 80.6 Å². The Hall–Kier alpha value is -4.28. The summed E-state index contributed by atoms with van der Waals surface area (Å²) in [6, 6.07) is 24.4. The minimum absolute atomic E-state index is 0.0528. The first-order valence-electron chi connectivity index (χ1n) is 15.7. The van der Waals surface area contributed by atoms with Crippen molar-refractivity contribution in [3.8, 4) is 11.5 Å². The zero-order valence-corrected chi connectivity index (χ0v) is 26.0. The highest BCUT2D eigenvalue weighted by Crippen LogP contribution is 2.48. The molecule has 4 heterocycles. The van der Waals surface area contributed by atoms with Crippen LogP contribution in [0.1, 0.15) is 36.8 Å². The summed E-state index contributed by atoms with van der Waals surface area (Å²) in [6.45, 7) is 3.91. The molecule has 10 heteroatoms. The Morgan fingerprint density at radius 3 is 2.53 bits per heavy atom. The second-order valence-corrected chi connectivity index (χ2v) is 13.2. The molecule has 4 atom stereocenters. The van der Waals surface area contributed by atoms with E-state index in [1.54, 1.807) is 0 Å². The van der Waals surface area contributed by atoms with E-state index in [9.17, 15) is 14.4 Å². The van der Waals surface area contributed by atoms with E-state index in [2.05, 4.69) is 16.0 Å². The first-order chi connectivity index (χ1) is 22.0. The fourth-order valence-corrected chi connectivity index (χ4v) is 8.31. The Balaban J connectivity index is 1.10. The Kier molecular flexibility index (Phi) is 8.25. The fraction of sp³-hybridized carbons (Fsp3) is 0.343. The SMILES string of the molecule is Cc1cc(Oc2ccccc2)ccc1N1C(=O)NC2=C(C(=O)N[C@H]3CCCCN(Cc4ccccc4)C3=O)SC3NCCC1C23. The van der Waals surface area contributed by atoms with Gasteiger partial charge in [-0.15, -0.1) is 0 Å². The van der Waals surface area contributed by atoms with Crippen LogP contribution in [0.25, 0.3) is 0 Å². The molecule has 9 nitrogen and oxygen atoms in total. The summed E-state index contributed by atoms with van der Waals surface area (Å²) in [4.78, 5) is 45.3. The van der Waals surface area contributed by atoms with E-state index in [0.717, 1.165) is 48.4 Å². The van der Waals surface area contributed by atoms with Crippen LogP contribution < -0.4 is 25.6 Å². The van der Waals surface area contributed by atoms with Crippen molar-refractivity contribution < 1.29 is 19.1 Å². The number of amides is 4. The molecular weight excluding hydrogens is 586 g/mol. The minimum atomic E-state index is -0.598. The highest BCUT2D eigenvalue weighted by atomic mass is 32.2. The number of aryl methyl sites for hydroxylation is 1. The zero-order valence-electron chi connectivity index (χ0n) is 25.2. The average Bonchev–Trinajstić information content (AvgIpc) is 3.34. The number of nitrogens with zero attached hydrogens (tertiary/aromatic N) is 2. The molecule has 0 aromatic heterocycles. The number of urea groups is 1. The molecule has 45 heavy (non-hydrogen) atoms. The van der Waals surface area contributed by atoms with E-state index in [-0.39, 0.29) is 35.2 Å². The molecule has 3 fully saturated rings. The molecule has 4 aliphatic heterocycles. The maximum Gasteiger partial charge on any atom is 0.326 e. The average molecular weight is 624 g/mol. The normalized spacial score (nSPS) is 24.6. The predicted octanol–water partition coefficient (Wildman–Crippen LogP) is 5.28. The van der Waals surface area contributed by atoms with Crippen LogP contribution in [0.5, 0.6) is 11.5 Å². The van der Waals surface area contributed by atoms with Gasteiger partial charge in [-0.1, -0.05) is 60.3 Å². The van der Waals surface area contributed by atoms with Gasteiger partial charge in [0.2, 0.25) is 5.91 Å². The molecule has 3 unspecified atom stereocenters. The summed E-state index contributed by atoms with van der Waals surface area (Å²) in [6.07, 6.45) is 3.11. The third-order valence-corrected chi connectivity index (χ3v) is 10.4. The van der Waals surface area contributed by atoms with Crippen LogP contribution in [0.2, 0.25) is 0 Å². The van der Waals surface area contributed by atoms with E-state index in [0.29, 0.717) is 35.9 Å². The van der Waals surface area contributed by atoms with Crippen LogP contribution in [0.4, 0.5) is 10.5 Å². The van der Waals surface area contributed by atoms with Gasteiger partial charge in [-0.2, -0.15) is 0 Å². The molecule has 3 saturated heterocycles. The topological polar surface area (TPSA) is 103 Å². The van der Waals surface area contributed by atoms with Gasteiger partial charge in [-0.25, -0.2) is 4.79 Å². The maximum absolute atomic E-state index is 13.8. The number of ether oxygens (including phenoxy) is 1. The van der Waals surface area contributed by atoms with Crippen molar-refractivity contribution in [3.63, 3.8) is 0 Å². The fourth-order valence-electron chi connectivity index (χ4n) is 6.91. The first kappa shape index (κ1) is 29.4. The van der Waals surface area contributed by atoms with E-state index in [1.807, 2.05) is 95.6 Å². The molecule has 0 aliphatic carbocycles. The Morgan fingerprint density at radius 1 is 0.978 bits per heavy atom. The highest BCUT2D eigenvalue weighted by Gasteiger charge is 2.52. The lowest BCUT2D eigenvalue weighted by molar-refractivity contribution is -0.135. The number of benzene rings is 3.